The zero-order valence-electron chi connectivity index (χ0n) is 15.1. The highest BCUT2D eigenvalue weighted by Crippen LogP contribution is 2.26. The summed E-state index contributed by atoms with van der Waals surface area (Å²) in [5, 5.41) is 24.8. The Labute approximate surface area is 147 Å². The van der Waals surface area contributed by atoms with Gasteiger partial charge in [0.25, 0.3) is 0 Å². The molecule has 136 valence electrons. The Balaban J connectivity index is 1.61. The molecule has 8 nitrogen and oxygen atoms in total. The minimum Gasteiger partial charge on any atom is -0.388 e. The first-order valence-electron chi connectivity index (χ1n) is 8.78. The van der Waals surface area contributed by atoms with Crippen LogP contribution in [0.3, 0.4) is 0 Å². The van der Waals surface area contributed by atoms with Gasteiger partial charge < -0.3 is 14.6 Å². The molecule has 2 aromatic rings. The Morgan fingerprint density at radius 1 is 1.36 bits per heavy atom. The standard InChI is InChI=1S/C17H26N6O2/c1-11-12(2)18-19-14(11)6-7-16(25)23-8-4-5-13(9-23)17-21-20-15(10-24)22(17)3/h13,24H,4-10H2,1-3H3,(H,18,19). The fraction of sp³-hybridized carbons (Fsp3) is 0.647. The van der Waals surface area contributed by atoms with Crippen LogP contribution in [-0.2, 0) is 24.9 Å². The molecule has 25 heavy (non-hydrogen) atoms. The van der Waals surface area contributed by atoms with E-state index in [1.54, 1.807) is 0 Å². The fourth-order valence-corrected chi connectivity index (χ4v) is 3.45. The van der Waals surface area contributed by atoms with Gasteiger partial charge in [0, 0.05) is 44.6 Å². The van der Waals surface area contributed by atoms with Gasteiger partial charge in [-0.2, -0.15) is 5.10 Å². The van der Waals surface area contributed by atoms with Gasteiger partial charge in [-0.1, -0.05) is 0 Å². The SMILES string of the molecule is Cc1[nH]nc(CCC(=O)N2CCCC(c3nnc(CO)n3C)C2)c1C. The number of nitrogens with one attached hydrogen (secondary N) is 1. The molecule has 1 aliphatic heterocycles. The van der Waals surface area contributed by atoms with Crippen LogP contribution < -0.4 is 0 Å². The maximum Gasteiger partial charge on any atom is 0.222 e. The van der Waals surface area contributed by atoms with E-state index in [4.69, 9.17) is 0 Å². The number of rotatable bonds is 5. The first-order valence-corrected chi connectivity index (χ1v) is 8.78. The normalized spacial score (nSPS) is 17.9. The van der Waals surface area contributed by atoms with Crippen molar-refractivity contribution in [3.05, 3.63) is 28.6 Å². The summed E-state index contributed by atoms with van der Waals surface area (Å²) in [6, 6.07) is 0. The first-order chi connectivity index (χ1) is 12.0. The van der Waals surface area contributed by atoms with E-state index in [0.717, 1.165) is 42.2 Å². The lowest BCUT2D eigenvalue weighted by Gasteiger charge is -2.32. The number of piperidine rings is 1. The lowest BCUT2D eigenvalue weighted by Crippen LogP contribution is -2.39. The van der Waals surface area contributed by atoms with E-state index in [9.17, 15) is 9.90 Å². The fourth-order valence-electron chi connectivity index (χ4n) is 3.45. The molecule has 0 saturated carbocycles. The maximum absolute atomic E-state index is 12.6. The molecule has 0 aromatic carbocycles. The molecule has 3 heterocycles. The molecule has 2 N–H and O–H groups in total. The second-order valence-corrected chi connectivity index (χ2v) is 6.79. The zero-order valence-corrected chi connectivity index (χ0v) is 15.1. The van der Waals surface area contributed by atoms with Crippen molar-refractivity contribution in [3.63, 3.8) is 0 Å². The number of hydrogen-bond acceptors (Lipinski definition) is 5. The first kappa shape index (κ1) is 17.6. The Morgan fingerprint density at radius 3 is 2.80 bits per heavy atom. The Hall–Kier alpha value is -2.22. The molecule has 0 radical (unpaired) electrons. The number of aryl methyl sites for hydroxylation is 2. The predicted molar refractivity (Wildman–Crippen MR) is 91.9 cm³/mol. The van der Waals surface area contributed by atoms with E-state index in [-0.39, 0.29) is 18.4 Å². The summed E-state index contributed by atoms with van der Waals surface area (Å²) in [6.45, 7) is 5.35. The van der Waals surface area contributed by atoms with Crippen LogP contribution in [0.1, 0.15) is 53.8 Å². The lowest BCUT2D eigenvalue weighted by atomic mass is 9.96. The highest BCUT2D eigenvalue weighted by atomic mass is 16.3. The van der Waals surface area contributed by atoms with Gasteiger partial charge in [-0.05, 0) is 32.3 Å². The summed E-state index contributed by atoms with van der Waals surface area (Å²) in [6.07, 6.45) is 3.07. The van der Waals surface area contributed by atoms with Crippen LogP contribution in [0.5, 0.6) is 0 Å². The number of aromatic nitrogens is 5. The predicted octanol–water partition coefficient (Wildman–Crippen LogP) is 0.986. The minimum absolute atomic E-state index is 0.124. The average molecular weight is 346 g/mol. The summed E-state index contributed by atoms with van der Waals surface area (Å²) >= 11 is 0. The van der Waals surface area contributed by atoms with E-state index in [1.165, 1.54) is 0 Å². The number of carbonyl (C=O) groups excluding carboxylic acids is 1. The molecule has 1 fully saturated rings. The number of likely N-dealkylation sites (tertiary alicyclic amines) is 1. The zero-order chi connectivity index (χ0) is 18.0. The number of hydrogen-bond donors (Lipinski definition) is 2. The third-order valence-corrected chi connectivity index (χ3v) is 5.21. The minimum atomic E-state index is -0.124. The second-order valence-electron chi connectivity index (χ2n) is 6.79. The Morgan fingerprint density at radius 2 is 2.16 bits per heavy atom. The van der Waals surface area contributed by atoms with Gasteiger partial charge in [-0.3, -0.25) is 9.89 Å². The van der Waals surface area contributed by atoms with Gasteiger partial charge in [0.05, 0.1) is 5.69 Å². The van der Waals surface area contributed by atoms with Crippen molar-refractivity contribution in [2.45, 2.75) is 52.1 Å². The monoisotopic (exact) mass is 346 g/mol. The molecule has 1 aliphatic rings. The van der Waals surface area contributed by atoms with Crippen molar-refractivity contribution in [1.29, 1.82) is 0 Å². The van der Waals surface area contributed by atoms with Crippen molar-refractivity contribution in [1.82, 2.24) is 29.9 Å². The molecule has 2 aromatic heterocycles. The van der Waals surface area contributed by atoms with E-state index >= 15 is 0 Å². The lowest BCUT2D eigenvalue weighted by molar-refractivity contribution is -0.132. The summed E-state index contributed by atoms with van der Waals surface area (Å²) in [5.74, 6) is 1.74. The Bertz CT molecular complexity index is 750. The van der Waals surface area contributed by atoms with E-state index in [1.807, 2.05) is 30.4 Å². The molecule has 8 heteroatoms. The molecule has 1 unspecified atom stereocenters. The largest absolute Gasteiger partial charge is 0.388 e. The summed E-state index contributed by atoms with van der Waals surface area (Å²) in [7, 11) is 1.87. The second kappa shape index (κ2) is 7.35. The number of nitrogens with zero attached hydrogens (tertiary/aromatic N) is 5. The number of amides is 1. The molecular formula is C17H26N6O2. The molecule has 0 spiro atoms. The quantitative estimate of drug-likeness (QED) is 0.841. The van der Waals surface area contributed by atoms with Crippen LogP contribution in [0.2, 0.25) is 0 Å². The summed E-state index contributed by atoms with van der Waals surface area (Å²) in [4.78, 5) is 14.5. The van der Waals surface area contributed by atoms with Crippen molar-refractivity contribution in [3.8, 4) is 0 Å². The number of aromatic amines is 1. The number of carbonyl (C=O) groups is 1. The number of aliphatic hydroxyl groups is 1. The molecule has 0 bridgehead atoms. The van der Waals surface area contributed by atoms with Gasteiger partial charge in [0.15, 0.2) is 5.82 Å². The van der Waals surface area contributed by atoms with Gasteiger partial charge in [0.1, 0.15) is 12.4 Å². The van der Waals surface area contributed by atoms with Crippen LogP contribution >= 0.6 is 0 Å². The van der Waals surface area contributed by atoms with E-state index < -0.39 is 0 Å². The van der Waals surface area contributed by atoms with Crippen molar-refractivity contribution in [2.24, 2.45) is 7.05 Å². The topological polar surface area (TPSA) is 99.9 Å². The van der Waals surface area contributed by atoms with Crippen LogP contribution in [0.4, 0.5) is 0 Å². The summed E-state index contributed by atoms with van der Waals surface area (Å²) in [5.41, 5.74) is 3.17. The Kier molecular flexibility index (Phi) is 5.17. The highest BCUT2D eigenvalue weighted by molar-refractivity contribution is 5.76. The van der Waals surface area contributed by atoms with Gasteiger partial charge >= 0.3 is 0 Å². The molecule has 0 aliphatic carbocycles. The van der Waals surface area contributed by atoms with E-state index in [2.05, 4.69) is 20.4 Å². The smallest absolute Gasteiger partial charge is 0.222 e. The highest BCUT2D eigenvalue weighted by Gasteiger charge is 2.28. The molecular weight excluding hydrogens is 320 g/mol. The third-order valence-electron chi connectivity index (χ3n) is 5.21. The van der Waals surface area contributed by atoms with Crippen LogP contribution in [-0.4, -0.2) is 54.0 Å². The van der Waals surface area contributed by atoms with Gasteiger partial charge in [-0.25, -0.2) is 0 Å². The molecule has 1 saturated heterocycles. The van der Waals surface area contributed by atoms with Crippen LogP contribution in [0.25, 0.3) is 0 Å². The van der Waals surface area contributed by atoms with Crippen molar-refractivity contribution < 1.29 is 9.90 Å². The molecule has 1 atom stereocenters. The van der Waals surface area contributed by atoms with Gasteiger partial charge in [0.2, 0.25) is 5.91 Å². The number of aliphatic hydroxyl groups excluding tert-OH is 1. The molecule has 3 rings (SSSR count). The van der Waals surface area contributed by atoms with Crippen LogP contribution in [0.15, 0.2) is 0 Å². The van der Waals surface area contributed by atoms with Crippen LogP contribution in [0, 0.1) is 13.8 Å². The maximum atomic E-state index is 12.6. The van der Waals surface area contributed by atoms with E-state index in [0.29, 0.717) is 25.2 Å². The third kappa shape index (κ3) is 3.58. The van der Waals surface area contributed by atoms with Crippen molar-refractivity contribution in [2.75, 3.05) is 13.1 Å². The van der Waals surface area contributed by atoms with Crippen molar-refractivity contribution >= 4 is 5.91 Å². The molecule has 1 amide bonds. The summed E-state index contributed by atoms with van der Waals surface area (Å²) < 4.78 is 1.84. The number of H-pyrrole nitrogens is 1. The average Bonchev–Trinajstić information content (AvgIpc) is 3.16. The van der Waals surface area contributed by atoms with Gasteiger partial charge in [-0.15, -0.1) is 10.2 Å².